The Morgan fingerprint density at radius 3 is 2.36 bits per heavy atom. The molecule has 6 nitrogen and oxygen atoms in total. The van der Waals surface area contributed by atoms with E-state index >= 15 is 0 Å². The molecule has 0 spiro atoms. The van der Waals surface area contributed by atoms with Crippen LogP contribution in [0.3, 0.4) is 0 Å². The Hall–Kier alpha value is -4.00. The number of amides is 1. The predicted octanol–water partition coefficient (Wildman–Crippen LogP) is 4.44. The highest BCUT2D eigenvalue weighted by Crippen LogP contribution is 2.31. The fraction of sp³-hybridized carbons (Fsp3) is 0.192. The largest absolute Gasteiger partial charge is 0.370 e. The lowest BCUT2D eigenvalue weighted by Crippen LogP contribution is -2.28. The molecule has 0 atom stereocenters. The minimum atomic E-state index is -0.557. The average Bonchev–Trinajstić information content (AvgIpc) is 3.38. The molecule has 7 heteroatoms. The van der Waals surface area contributed by atoms with E-state index < -0.39 is 11.7 Å². The monoisotopic (exact) mass is 442 g/mol. The number of hydrogen-bond donors (Lipinski definition) is 1. The van der Waals surface area contributed by atoms with Gasteiger partial charge in [0.15, 0.2) is 5.69 Å². The van der Waals surface area contributed by atoms with E-state index in [2.05, 4.69) is 15.3 Å². The topological polar surface area (TPSA) is 67.2 Å². The quantitative estimate of drug-likeness (QED) is 0.496. The first-order valence-corrected chi connectivity index (χ1v) is 11.0. The van der Waals surface area contributed by atoms with Gasteiger partial charge in [0.1, 0.15) is 11.5 Å². The predicted molar refractivity (Wildman–Crippen MR) is 127 cm³/mol. The third-order valence-corrected chi connectivity index (χ3v) is 5.93. The summed E-state index contributed by atoms with van der Waals surface area (Å²) in [6.45, 7) is 1.86. The van der Waals surface area contributed by atoms with Crippen molar-refractivity contribution in [1.29, 1.82) is 0 Å². The number of nitrogens with zero attached hydrogens (tertiary/aromatic N) is 3. The molecule has 1 fully saturated rings. The second-order valence-corrected chi connectivity index (χ2v) is 8.12. The van der Waals surface area contributed by atoms with Gasteiger partial charge in [-0.1, -0.05) is 54.6 Å². The normalized spacial score (nSPS) is 13.4. The lowest BCUT2D eigenvalue weighted by Gasteiger charge is -2.22. The van der Waals surface area contributed by atoms with E-state index in [9.17, 15) is 14.0 Å². The summed E-state index contributed by atoms with van der Waals surface area (Å²) >= 11 is 0. The number of halogens is 1. The van der Waals surface area contributed by atoms with Crippen LogP contribution in [0.5, 0.6) is 0 Å². The second-order valence-electron chi connectivity index (χ2n) is 8.12. The van der Waals surface area contributed by atoms with Crippen LogP contribution in [0.2, 0.25) is 0 Å². The molecule has 0 unspecified atom stereocenters. The fourth-order valence-electron chi connectivity index (χ4n) is 4.30. The smallest absolute Gasteiger partial charge is 0.276 e. The molecule has 1 N–H and O–H groups in total. The average molecular weight is 442 g/mol. The van der Waals surface area contributed by atoms with Crippen molar-refractivity contribution in [2.45, 2.75) is 19.4 Å². The standard InChI is InChI=1S/C26H23FN4O2/c27-21-13-8-14-22(30-15-6-7-16-30)24(21)28-25(32)23-19-11-4-5-12-20(19)26(33)31(29-23)17-18-9-2-1-3-10-18/h1-5,8-14H,6-7,15-17H2,(H,28,32). The molecule has 1 aromatic heterocycles. The Morgan fingerprint density at radius 1 is 0.909 bits per heavy atom. The van der Waals surface area contributed by atoms with Crippen molar-refractivity contribution >= 4 is 28.1 Å². The summed E-state index contributed by atoms with van der Waals surface area (Å²) in [5, 5.41) is 7.97. The van der Waals surface area contributed by atoms with Crippen LogP contribution in [0, 0.1) is 5.82 Å². The summed E-state index contributed by atoms with van der Waals surface area (Å²) in [7, 11) is 0. The van der Waals surface area contributed by atoms with Crippen LogP contribution in [0.4, 0.5) is 15.8 Å². The molecule has 0 bridgehead atoms. The second kappa shape index (κ2) is 8.86. The highest BCUT2D eigenvalue weighted by Gasteiger charge is 2.22. The molecule has 166 valence electrons. The third kappa shape index (κ3) is 4.09. The van der Waals surface area contributed by atoms with Gasteiger partial charge in [0.2, 0.25) is 0 Å². The first-order valence-electron chi connectivity index (χ1n) is 11.0. The number of carbonyl (C=O) groups is 1. The van der Waals surface area contributed by atoms with Crippen LogP contribution in [-0.4, -0.2) is 28.8 Å². The minimum Gasteiger partial charge on any atom is -0.370 e. The maximum Gasteiger partial charge on any atom is 0.276 e. The molecule has 1 saturated heterocycles. The Kier molecular flexibility index (Phi) is 5.60. The zero-order valence-electron chi connectivity index (χ0n) is 18.0. The Bertz CT molecular complexity index is 1380. The maximum absolute atomic E-state index is 14.8. The van der Waals surface area contributed by atoms with Crippen LogP contribution >= 0.6 is 0 Å². The van der Waals surface area contributed by atoms with Crippen molar-refractivity contribution in [3.8, 4) is 0 Å². The van der Waals surface area contributed by atoms with E-state index in [4.69, 9.17) is 0 Å². The SMILES string of the molecule is O=C(Nc1c(F)cccc1N1CCCC1)c1nn(Cc2ccccc2)c(=O)c2ccccc12. The molecule has 0 radical (unpaired) electrons. The zero-order valence-corrected chi connectivity index (χ0v) is 18.0. The molecule has 2 heterocycles. The van der Waals surface area contributed by atoms with Crippen molar-refractivity contribution < 1.29 is 9.18 Å². The number of hydrogen-bond acceptors (Lipinski definition) is 4. The number of nitrogens with one attached hydrogen (secondary N) is 1. The number of rotatable bonds is 5. The molecule has 0 saturated carbocycles. The minimum absolute atomic E-state index is 0.0803. The molecule has 5 rings (SSSR count). The number of carbonyl (C=O) groups excluding carboxylic acids is 1. The summed E-state index contributed by atoms with van der Waals surface area (Å²) < 4.78 is 16.1. The van der Waals surface area contributed by atoms with Gasteiger partial charge in [0.05, 0.1) is 17.6 Å². The third-order valence-electron chi connectivity index (χ3n) is 5.93. The number of benzene rings is 3. The summed E-state index contributed by atoms with van der Waals surface area (Å²) in [6.07, 6.45) is 2.06. The summed E-state index contributed by atoms with van der Waals surface area (Å²) in [5.41, 5.74) is 1.48. The van der Waals surface area contributed by atoms with Gasteiger partial charge in [-0.3, -0.25) is 9.59 Å². The van der Waals surface area contributed by atoms with Gasteiger partial charge in [-0.05, 0) is 36.6 Å². The summed E-state index contributed by atoms with van der Waals surface area (Å²) in [4.78, 5) is 28.5. The van der Waals surface area contributed by atoms with Crippen LogP contribution in [0.15, 0.2) is 77.6 Å². The summed E-state index contributed by atoms with van der Waals surface area (Å²) in [6, 6.07) is 21.1. The molecular formula is C26H23FN4O2. The van der Waals surface area contributed by atoms with Crippen molar-refractivity contribution in [3.63, 3.8) is 0 Å². The van der Waals surface area contributed by atoms with Gasteiger partial charge in [-0.25, -0.2) is 9.07 Å². The van der Waals surface area contributed by atoms with Crippen molar-refractivity contribution in [2.75, 3.05) is 23.3 Å². The molecule has 4 aromatic rings. The summed E-state index contributed by atoms with van der Waals surface area (Å²) in [5.74, 6) is -1.06. The van der Waals surface area contributed by atoms with Crippen LogP contribution in [-0.2, 0) is 6.54 Å². The molecular weight excluding hydrogens is 419 g/mol. The molecule has 33 heavy (non-hydrogen) atoms. The Morgan fingerprint density at radius 2 is 1.61 bits per heavy atom. The Labute approximate surface area is 190 Å². The number of para-hydroxylation sites is 1. The van der Waals surface area contributed by atoms with E-state index in [1.807, 2.05) is 36.4 Å². The first kappa shape index (κ1) is 20.9. The van der Waals surface area contributed by atoms with E-state index in [0.717, 1.165) is 31.5 Å². The van der Waals surface area contributed by atoms with Gasteiger partial charge >= 0.3 is 0 Å². The van der Waals surface area contributed by atoms with Crippen molar-refractivity contribution in [1.82, 2.24) is 9.78 Å². The number of fused-ring (bicyclic) bond motifs is 1. The molecule has 1 aliphatic rings. The van der Waals surface area contributed by atoms with Crippen LogP contribution in [0.1, 0.15) is 28.9 Å². The molecule has 3 aromatic carbocycles. The number of aromatic nitrogens is 2. The fourth-order valence-corrected chi connectivity index (χ4v) is 4.30. The zero-order chi connectivity index (χ0) is 22.8. The van der Waals surface area contributed by atoms with Gasteiger partial charge in [-0.15, -0.1) is 0 Å². The van der Waals surface area contributed by atoms with E-state index in [0.29, 0.717) is 16.5 Å². The highest BCUT2D eigenvalue weighted by atomic mass is 19.1. The maximum atomic E-state index is 14.8. The van der Waals surface area contributed by atoms with Crippen molar-refractivity contribution in [3.05, 3.63) is 100 Å². The van der Waals surface area contributed by atoms with Gasteiger partial charge in [0, 0.05) is 18.5 Å². The first-order chi connectivity index (χ1) is 16.1. The van der Waals surface area contributed by atoms with E-state index in [1.165, 1.54) is 10.7 Å². The molecule has 1 aliphatic heterocycles. The molecule has 0 aliphatic carbocycles. The van der Waals surface area contributed by atoms with Crippen LogP contribution in [0.25, 0.3) is 10.8 Å². The van der Waals surface area contributed by atoms with Crippen molar-refractivity contribution in [2.24, 2.45) is 0 Å². The van der Waals surface area contributed by atoms with E-state index in [1.54, 1.807) is 30.3 Å². The lowest BCUT2D eigenvalue weighted by molar-refractivity contribution is 0.102. The highest BCUT2D eigenvalue weighted by molar-refractivity contribution is 6.12. The Balaban J connectivity index is 1.57. The van der Waals surface area contributed by atoms with Gasteiger partial charge in [0.25, 0.3) is 11.5 Å². The van der Waals surface area contributed by atoms with Gasteiger partial charge < -0.3 is 10.2 Å². The van der Waals surface area contributed by atoms with E-state index in [-0.39, 0.29) is 23.5 Å². The molecule has 1 amide bonds. The number of anilines is 2. The lowest BCUT2D eigenvalue weighted by atomic mass is 10.1. The van der Waals surface area contributed by atoms with Crippen LogP contribution < -0.4 is 15.8 Å². The van der Waals surface area contributed by atoms with Gasteiger partial charge in [-0.2, -0.15) is 5.10 Å².